The van der Waals surface area contributed by atoms with Gasteiger partial charge < -0.3 is 4.98 Å². The molecule has 0 atom stereocenters. The van der Waals surface area contributed by atoms with E-state index in [2.05, 4.69) is 83.9 Å². The standard InChI is InChI=1S/C17H16IN/c1-11-7-12(2)9-13(8-11)17-15(10-18)14-5-3-4-6-16(14)19-17/h3-9,19H,10H2,1-2H3. The zero-order chi connectivity index (χ0) is 13.4. The Morgan fingerprint density at radius 2 is 1.68 bits per heavy atom. The van der Waals surface area contributed by atoms with Gasteiger partial charge in [-0.3, -0.25) is 0 Å². The number of rotatable bonds is 2. The topological polar surface area (TPSA) is 15.8 Å². The van der Waals surface area contributed by atoms with Crippen molar-refractivity contribution in [3.8, 4) is 11.3 Å². The van der Waals surface area contributed by atoms with Crippen LogP contribution in [0.15, 0.2) is 42.5 Å². The van der Waals surface area contributed by atoms with Crippen LogP contribution < -0.4 is 0 Å². The number of hydrogen-bond acceptors (Lipinski definition) is 0. The average molecular weight is 361 g/mol. The molecule has 0 aliphatic carbocycles. The highest BCUT2D eigenvalue weighted by atomic mass is 127. The Morgan fingerprint density at radius 1 is 1.00 bits per heavy atom. The number of fused-ring (bicyclic) bond motifs is 1. The number of aromatic nitrogens is 1. The van der Waals surface area contributed by atoms with Crippen molar-refractivity contribution in [2.45, 2.75) is 18.3 Å². The van der Waals surface area contributed by atoms with Gasteiger partial charge in [0, 0.05) is 15.3 Å². The van der Waals surface area contributed by atoms with Crippen LogP contribution in [0.1, 0.15) is 16.7 Å². The molecule has 0 bridgehead atoms. The van der Waals surface area contributed by atoms with E-state index in [9.17, 15) is 0 Å². The van der Waals surface area contributed by atoms with E-state index in [1.165, 1.54) is 38.9 Å². The van der Waals surface area contributed by atoms with E-state index in [0.717, 1.165) is 4.43 Å². The zero-order valence-corrected chi connectivity index (χ0v) is 13.3. The monoisotopic (exact) mass is 361 g/mol. The van der Waals surface area contributed by atoms with Gasteiger partial charge in [0.2, 0.25) is 0 Å². The number of para-hydroxylation sites is 1. The van der Waals surface area contributed by atoms with Crippen molar-refractivity contribution >= 4 is 33.5 Å². The lowest BCUT2D eigenvalue weighted by Crippen LogP contribution is -1.86. The van der Waals surface area contributed by atoms with Crippen molar-refractivity contribution in [3.05, 3.63) is 59.2 Å². The molecule has 0 aliphatic rings. The van der Waals surface area contributed by atoms with E-state index in [1.54, 1.807) is 0 Å². The third kappa shape index (κ3) is 2.29. The van der Waals surface area contributed by atoms with Gasteiger partial charge in [-0.25, -0.2) is 0 Å². The summed E-state index contributed by atoms with van der Waals surface area (Å²) in [6, 6.07) is 15.3. The van der Waals surface area contributed by atoms with Gasteiger partial charge in [-0.15, -0.1) is 0 Å². The van der Waals surface area contributed by atoms with Gasteiger partial charge in [-0.05, 0) is 43.2 Å². The Labute approximate surface area is 127 Å². The van der Waals surface area contributed by atoms with Crippen LogP contribution in [-0.4, -0.2) is 4.98 Å². The molecule has 1 nitrogen and oxygen atoms in total. The van der Waals surface area contributed by atoms with E-state index >= 15 is 0 Å². The minimum atomic E-state index is 1.02. The third-order valence-corrected chi connectivity index (χ3v) is 4.22. The summed E-state index contributed by atoms with van der Waals surface area (Å²) in [6.45, 7) is 4.31. The zero-order valence-electron chi connectivity index (χ0n) is 11.1. The summed E-state index contributed by atoms with van der Waals surface area (Å²) < 4.78 is 1.02. The summed E-state index contributed by atoms with van der Waals surface area (Å²) >= 11 is 2.45. The first-order valence-electron chi connectivity index (χ1n) is 6.43. The normalized spacial score (nSPS) is 11.1. The Hall–Kier alpha value is -1.29. The van der Waals surface area contributed by atoms with Crippen LogP contribution in [0.4, 0.5) is 0 Å². The van der Waals surface area contributed by atoms with Gasteiger partial charge in [-0.1, -0.05) is 58.0 Å². The fourth-order valence-corrected chi connectivity index (χ4v) is 3.50. The van der Waals surface area contributed by atoms with E-state index < -0.39 is 0 Å². The van der Waals surface area contributed by atoms with Gasteiger partial charge >= 0.3 is 0 Å². The summed E-state index contributed by atoms with van der Waals surface area (Å²) in [5.41, 5.74) is 7.81. The molecule has 0 amide bonds. The van der Waals surface area contributed by atoms with E-state index in [0.29, 0.717) is 0 Å². The van der Waals surface area contributed by atoms with E-state index in [-0.39, 0.29) is 0 Å². The fraction of sp³-hybridized carbons (Fsp3) is 0.176. The molecule has 3 rings (SSSR count). The van der Waals surface area contributed by atoms with Crippen molar-refractivity contribution in [1.82, 2.24) is 4.98 Å². The molecule has 0 saturated carbocycles. The molecule has 2 aromatic carbocycles. The van der Waals surface area contributed by atoms with Crippen molar-refractivity contribution in [2.75, 3.05) is 0 Å². The summed E-state index contributed by atoms with van der Waals surface area (Å²) in [5, 5.41) is 1.34. The Kier molecular flexibility index (Phi) is 3.35. The van der Waals surface area contributed by atoms with Crippen LogP contribution in [0.25, 0.3) is 22.2 Å². The van der Waals surface area contributed by atoms with Crippen molar-refractivity contribution in [3.63, 3.8) is 0 Å². The lowest BCUT2D eigenvalue weighted by molar-refractivity contribution is 1.34. The smallest absolute Gasteiger partial charge is 0.0505 e. The van der Waals surface area contributed by atoms with Crippen LogP contribution >= 0.6 is 22.6 Å². The first-order chi connectivity index (χ1) is 9.19. The molecule has 0 radical (unpaired) electrons. The van der Waals surface area contributed by atoms with Crippen LogP contribution in [0.3, 0.4) is 0 Å². The molecule has 1 heterocycles. The van der Waals surface area contributed by atoms with Crippen LogP contribution in [-0.2, 0) is 4.43 Å². The second kappa shape index (κ2) is 5.00. The molecule has 0 spiro atoms. The van der Waals surface area contributed by atoms with Crippen molar-refractivity contribution in [1.29, 1.82) is 0 Å². The second-order valence-electron chi connectivity index (χ2n) is 5.03. The number of H-pyrrole nitrogens is 1. The first kappa shape index (κ1) is 12.7. The van der Waals surface area contributed by atoms with Gasteiger partial charge in [0.05, 0.1) is 5.69 Å². The fourth-order valence-electron chi connectivity index (χ4n) is 2.70. The number of halogens is 1. The Bertz CT molecular complexity index is 720. The molecule has 0 unspecified atom stereocenters. The van der Waals surface area contributed by atoms with Crippen LogP contribution in [0.5, 0.6) is 0 Å². The lowest BCUT2D eigenvalue weighted by atomic mass is 10.0. The average Bonchev–Trinajstić information content (AvgIpc) is 2.76. The summed E-state index contributed by atoms with van der Waals surface area (Å²) in [4.78, 5) is 3.58. The summed E-state index contributed by atoms with van der Waals surface area (Å²) in [5.74, 6) is 0. The molecule has 0 aliphatic heterocycles. The quantitative estimate of drug-likeness (QED) is 0.466. The van der Waals surface area contributed by atoms with Crippen LogP contribution in [0, 0.1) is 13.8 Å². The largest absolute Gasteiger partial charge is 0.354 e. The number of aryl methyl sites for hydroxylation is 2. The van der Waals surface area contributed by atoms with E-state index in [4.69, 9.17) is 0 Å². The third-order valence-electron chi connectivity index (χ3n) is 3.46. The molecular formula is C17H16IN. The number of hydrogen-bond donors (Lipinski definition) is 1. The minimum absolute atomic E-state index is 1.02. The summed E-state index contributed by atoms with van der Waals surface area (Å²) in [6.07, 6.45) is 0. The SMILES string of the molecule is Cc1cc(C)cc(-c2[nH]c3ccccc3c2CI)c1. The predicted molar refractivity (Wildman–Crippen MR) is 90.9 cm³/mol. The molecule has 0 saturated heterocycles. The molecule has 1 N–H and O–H groups in total. The number of alkyl halides is 1. The van der Waals surface area contributed by atoms with Crippen molar-refractivity contribution < 1.29 is 0 Å². The van der Waals surface area contributed by atoms with Gasteiger partial charge in [-0.2, -0.15) is 0 Å². The maximum atomic E-state index is 3.58. The highest BCUT2D eigenvalue weighted by molar-refractivity contribution is 14.1. The minimum Gasteiger partial charge on any atom is -0.354 e. The molecule has 0 fully saturated rings. The van der Waals surface area contributed by atoms with Gasteiger partial charge in [0.25, 0.3) is 0 Å². The van der Waals surface area contributed by atoms with Crippen LogP contribution in [0.2, 0.25) is 0 Å². The Morgan fingerprint density at radius 3 is 2.37 bits per heavy atom. The highest BCUT2D eigenvalue weighted by Gasteiger charge is 2.12. The molecule has 2 heteroatoms. The lowest BCUT2D eigenvalue weighted by Gasteiger charge is -2.05. The number of nitrogens with one attached hydrogen (secondary N) is 1. The van der Waals surface area contributed by atoms with Crippen molar-refractivity contribution in [2.24, 2.45) is 0 Å². The maximum Gasteiger partial charge on any atom is 0.0505 e. The molecular weight excluding hydrogens is 345 g/mol. The maximum absolute atomic E-state index is 3.58. The number of aromatic amines is 1. The molecule has 96 valence electrons. The molecule has 1 aromatic heterocycles. The molecule has 3 aromatic rings. The van der Waals surface area contributed by atoms with Gasteiger partial charge in [0.15, 0.2) is 0 Å². The molecule has 19 heavy (non-hydrogen) atoms. The number of benzene rings is 2. The van der Waals surface area contributed by atoms with E-state index in [1.807, 2.05) is 0 Å². The summed E-state index contributed by atoms with van der Waals surface area (Å²) in [7, 11) is 0. The first-order valence-corrected chi connectivity index (χ1v) is 7.96. The Balaban J connectivity index is 2.29. The highest BCUT2D eigenvalue weighted by Crippen LogP contribution is 2.32. The second-order valence-corrected chi connectivity index (χ2v) is 5.80. The predicted octanol–water partition coefficient (Wildman–Crippen LogP) is 5.39. The van der Waals surface area contributed by atoms with Gasteiger partial charge in [0.1, 0.15) is 0 Å².